The zero-order valence-electron chi connectivity index (χ0n) is 8.56. The Morgan fingerprint density at radius 2 is 2.00 bits per heavy atom. The van der Waals surface area contributed by atoms with Crippen LogP contribution < -0.4 is 16.8 Å². The van der Waals surface area contributed by atoms with Crippen molar-refractivity contribution in [3.05, 3.63) is 23.8 Å². The number of amides is 3. The number of anilines is 1. The number of urea groups is 1. The van der Waals surface area contributed by atoms with Crippen LogP contribution in [-0.2, 0) is 11.2 Å². The van der Waals surface area contributed by atoms with Gasteiger partial charge < -0.3 is 21.9 Å². The number of primary amides is 2. The second kappa shape index (κ2) is 5.01. The van der Waals surface area contributed by atoms with E-state index in [9.17, 15) is 14.7 Å². The summed E-state index contributed by atoms with van der Waals surface area (Å²) in [5.41, 5.74) is 10.9. The molecule has 1 rings (SSSR count). The van der Waals surface area contributed by atoms with Gasteiger partial charge >= 0.3 is 6.03 Å². The van der Waals surface area contributed by atoms with Gasteiger partial charge in [0, 0.05) is 18.2 Å². The molecule has 0 aliphatic heterocycles. The number of hydrogen-bond acceptors (Lipinski definition) is 3. The lowest BCUT2D eigenvalue weighted by molar-refractivity contribution is -0.117. The van der Waals surface area contributed by atoms with Gasteiger partial charge in [0.05, 0.1) is 0 Å². The molecule has 0 aliphatic rings. The Morgan fingerprint density at radius 3 is 2.50 bits per heavy atom. The molecule has 0 bridgehead atoms. The molecule has 86 valence electrons. The molecule has 6 N–H and O–H groups in total. The minimum absolute atomic E-state index is 0.00694. The number of aromatic hydroxyl groups is 1. The molecule has 6 nitrogen and oxygen atoms in total. The number of aryl methyl sites for hydroxylation is 1. The molecule has 16 heavy (non-hydrogen) atoms. The quantitative estimate of drug-likeness (QED) is 0.587. The highest BCUT2D eigenvalue weighted by molar-refractivity contribution is 5.88. The summed E-state index contributed by atoms with van der Waals surface area (Å²) >= 11 is 0. The largest absolute Gasteiger partial charge is 0.508 e. The number of rotatable bonds is 4. The number of hydrogen-bond donors (Lipinski definition) is 4. The van der Waals surface area contributed by atoms with E-state index in [0.717, 1.165) is 0 Å². The van der Waals surface area contributed by atoms with Crippen LogP contribution in [0.4, 0.5) is 10.5 Å². The van der Waals surface area contributed by atoms with Crippen molar-refractivity contribution in [2.24, 2.45) is 11.5 Å². The highest BCUT2D eigenvalue weighted by Crippen LogP contribution is 2.22. The maximum Gasteiger partial charge on any atom is 0.316 e. The number of carbonyl (C=O) groups is 2. The molecular formula is C10H13N3O3. The van der Waals surface area contributed by atoms with Crippen molar-refractivity contribution in [1.29, 1.82) is 0 Å². The lowest BCUT2D eigenvalue weighted by Crippen LogP contribution is -2.19. The van der Waals surface area contributed by atoms with Gasteiger partial charge in [0.2, 0.25) is 5.91 Å². The van der Waals surface area contributed by atoms with Gasteiger partial charge in [0.1, 0.15) is 5.75 Å². The third kappa shape index (κ3) is 3.49. The number of nitrogens with two attached hydrogens (primary N) is 2. The summed E-state index contributed by atoms with van der Waals surface area (Å²) in [4.78, 5) is 21.1. The Morgan fingerprint density at radius 1 is 1.31 bits per heavy atom. The lowest BCUT2D eigenvalue weighted by Gasteiger charge is -2.06. The van der Waals surface area contributed by atoms with E-state index in [2.05, 4.69) is 5.32 Å². The Labute approximate surface area is 92.2 Å². The summed E-state index contributed by atoms with van der Waals surface area (Å²) < 4.78 is 0. The first-order chi connectivity index (χ1) is 7.49. The number of carbonyl (C=O) groups excluding carboxylic acids is 2. The van der Waals surface area contributed by atoms with Gasteiger partial charge in [-0.1, -0.05) is 6.07 Å². The zero-order valence-corrected chi connectivity index (χ0v) is 8.56. The zero-order chi connectivity index (χ0) is 12.1. The summed E-state index contributed by atoms with van der Waals surface area (Å²) in [5, 5.41) is 11.9. The average Bonchev–Trinajstić information content (AvgIpc) is 2.15. The molecule has 0 atom stereocenters. The minimum atomic E-state index is -0.704. The summed E-state index contributed by atoms with van der Waals surface area (Å²) in [5.74, 6) is -0.439. The molecule has 0 spiro atoms. The lowest BCUT2D eigenvalue weighted by atomic mass is 10.1. The molecule has 0 heterocycles. The molecule has 0 aliphatic carbocycles. The molecule has 1 aromatic rings. The van der Waals surface area contributed by atoms with Gasteiger partial charge in [-0.25, -0.2) is 4.79 Å². The van der Waals surface area contributed by atoms with E-state index in [0.29, 0.717) is 17.7 Å². The Kier molecular flexibility index (Phi) is 3.71. The third-order valence-corrected chi connectivity index (χ3v) is 1.99. The summed E-state index contributed by atoms with van der Waals surface area (Å²) in [6, 6.07) is 3.84. The van der Waals surface area contributed by atoms with Gasteiger partial charge in [0.25, 0.3) is 0 Å². The second-order valence-electron chi connectivity index (χ2n) is 3.30. The maximum atomic E-state index is 10.6. The molecule has 0 unspecified atom stereocenters. The molecule has 0 saturated heterocycles. The van der Waals surface area contributed by atoms with Crippen LogP contribution in [-0.4, -0.2) is 17.0 Å². The molecule has 0 radical (unpaired) electrons. The first-order valence-electron chi connectivity index (χ1n) is 4.65. The fourth-order valence-corrected chi connectivity index (χ4v) is 1.25. The van der Waals surface area contributed by atoms with Crippen LogP contribution in [0.3, 0.4) is 0 Å². The normalized spacial score (nSPS) is 9.75. The van der Waals surface area contributed by atoms with E-state index in [1.807, 2.05) is 0 Å². The van der Waals surface area contributed by atoms with Crippen LogP contribution in [0, 0.1) is 0 Å². The van der Waals surface area contributed by atoms with Gasteiger partial charge in [-0.2, -0.15) is 0 Å². The SMILES string of the molecule is NC(=O)CCc1ccc(NC(N)=O)cc1O. The number of nitrogens with one attached hydrogen (secondary N) is 1. The number of phenols is 1. The molecule has 0 aromatic heterocycles. The van der Waals surface area contributed by atoms with Gasteiger partial charge in [-0.05, 0) is 18.1 Å². The standard InChI is InChI=1S/C10H13N3O3/c11-9(15)4-2-6-1-3-7(5-8(6)14)13-10(12)16/h1,3,5,14H,2,4H2,(H2,11,15)(H3,12,13,16). The predicted octanol–water partition coefficient (Wildman–Crippen LogP) is 0.301. The van der Waals surface area contributed by atoms with E-state index >= 15 is 0 Å². The fraction of sp³-hybridized carbons (Fsp3) is 0.200. The molecule has 6 heteroatoms. The molecule has 3 amide bonds. The average molecular weight is 223 g/mol. The molecular weight excluding hydrogens is 210 g/mol. The number of phenolic OH excluding ortho intramolecular Hbond substituents is 1. The Bertz CT molecular complexity index is 418. The summed E-state index contributed by atoms with van der Waals surface area (Å²) in [7, 11) is 0. The monoisotopic (exact) mass is 223 g/mol. The van der Waals surface area contributed by atoms with Crippen LogP contribution in [0.15, 0.2) is 18.2 Å². The Balaban J connectivity index is 2.75. The Hall–Kier alpha value is -2.24. The van der Waals surface area contributed by atoms with Gasteiger partial charge in [-0.15, -0.1) is 0 Å². The van der Waals surface area contributed by atoms with Crippen molar-refractivity contribution in [2.75, 3.05) is 5.32 Å². The fourth-order valence-electron chi connectivity index (χ4n) is 1.25. The number of benzene rings is 1. The van der Waals surface area contributed by atoms with Crippen molar-refractivity contribution >= 4 is 17.6 Å². The van der Waals surface area contributed by atoms with Crippen LogP contribution >= 0.6 is 0 Å². The summed E-state index contributed by atoms with van der Waals surface area (Å²) in [6.07, 6.45) is 0.522. The van der Waals surface area contributed by atoms with Crippen molar-refractivity contribution in [1.82, 2.24) is 0 Å². The molecule has 0 fully saturated rings. The van der Waals surface area contributed by atoms with Crippen LogP contribution in [0.5, 0.6) is 5.75 Å². The topological polar surface area (TPSA) is 118 Å². The van der Waals surface area contributed by atoms with Crippen LogP contribution in [0.25, 0.3) is 0 Å². The summed E-state index contributed by atoms with van der Waals surface area (Å²) in [6.45, 7) is 0. The van der Waals surface area contributed by atoms with Crippen molar-refractivity contribution in [2.45, 2.75) is 12.8 Å². The highest BCUT2D eigenvalue weighted by Gasteiger charge is 2.05. The van der Waals surface area contributed by atoms with E-state index in [1.54, 1.807) is 12.1 Å². The van der Waals surface area contributed by atoms with Crippen molar-refractivity contribution in [3.63, 3.8) is 0 Å². The van der Waals surface area contributed by atoms with Crippen molar-refractivity contribution < 1.29 is 14.7 Å². The molecule has 1 aromatic carbocycles. The van der Waals surface area contributed by atoms with Gasteiger partial charge in [-0.3, -0.25) is 4.79 Å². The van der Waals surface area contributed by atoms with E-state index in [1.165, 1.54) is 6.07 Å². The van der Waals surface area contributed by atoms with Crippen molar-refractivity contribution in [3.8, 4) is 5.75 Å². The smallest absolute Gasteiger partial charge is 0.316 e. The van der Waals surface area contributed by atoms with E-state index in [-0.39, 0.29) is 12.2 Å². The maximum absolute atomic E-state index is 10.6. The second-order valence-corrected chi connectivity index (χ2v) is 3.30. The van der Waals surface area contributed by atoms with E-state index in [4.69, 9.17) is 11.5 Å². The molecule has 0 saturated carbocycles. The predicted molar refractivity (Wildman–Crippen MR) is 58.8 cm³/mol. The first-order valence-corrected chi connectivity index (χ1v) is 4.65. The minimum Gasteiger partial charge on any atom is -0.508 e. The van der Waals surface area contributed by atoms with Crippen LogP contribution in [0.1, 0.15) is 12.0 Å². The highest BCUT2D eigenvalue weighted by atomic mass is 16.3. The van der Waals surface area contributed by atoms with Crippen LogP contribution in [0.2, 0.25) is 0 Å². The first kappa shape index (κ1) is 11.8. The third-order valence-electron chi connectivity index (χ3n) is 1.99. The van der Waals surface area contributed by atoms with Gasteiger partial charge in [0.15, 0.2) is 0 Å². The van der Waals surface area contributed by atoms with E-state index < -0.39 is 11.9 Å².